The number of carbonyl (C=O) groups is 1. The van der Waals surface area contributed by atoms with Gasteiger partial charge in [0.15, 0.2) is 0 Å². The van der Waals surface area contributed by atoms with Crippen LogP contribution in [0.4, 0.5) is 0 Å². The van der Waals surface area contributed by atoms with E-state index in [2.05, 4.69) is 0 Å². The fourth-order valence-electron chi connectivity index (χ4n) is 2.38. The van der Waals surface area contributed by atoms with Crippen molar-refractivity contribution in [3.8, 4) is 5.75 Å². The molecule has 1 aliphatic rings. The van der Waals surface area contributed by atoms with Gasteiger partial charge >= 0.3 is 5.97 Å². The van der Waals surface area contributed by atoms with Gasteiger partial charge in [0.25, 0.3) is 0 Å². The van der Waals surface area contributed by atoms with Gasteiger partial charge in [-0.3, -0.25) is 4.79 Å². The topological polar surface area (TPSA) is 72.6 Å². The lowest BCUT2D eigenvalue weighted by Crippen LogP contribution is -2.21. The van der Waals surface area contributed by atoms with E-state index in [9.17, 15) is 4.79 Å². The van der Waals surface area contributed by atoms with Crippen LogP contribution in [-0.2, 0) is 4.79 Å². The van der Waals surface area contributed by atoms with Crippen molar-refractivity contribution in [2.45, 2.75) is 37.7 Å². The number of benzene rings is 1. The van der Waals surface area contributed by atoms with Crippen LogP contribution in [0.25, 0.3) is 0 Å². The Morgan fingerprint density at radius 3 is 2.78 bits per heavy atom. The van der Waals surface area contributed by atoms with Gasteiger partial charge in [-0.25, -0.2) is 0 Å². The molecule has 1 unspecified atom stereocenters. The van der Waals surface area contributed by atoms with Gasteiger partial charge < -0.3 is 15.6 Å². The van der Waals surface area contributed by atoms with Crippen molar-refractivity contribution in [3.63, 3.8) is 0 Å². The summed E-state index contributed by atoms with van der Waals surface area (Å²) >= 11 is 0. The summed E-state index contributed by atoms with van der Waals surface area (Å²) in [5, 5.41) is 9.08. The van der Waals surface area contributed by atoms with Crippen molar-refractivity contribution >= 4 is 5.97 Å². The van der Waals surface area contributed by atoms with E-state index in [0.29, 0.717) is 5.56 Å². The Hall–Kier alpha value is -1.55. The number of carboxylic acid groups (broad SMARTS) is 1. The van der Waals surface area contributed by atoms with Crippen LogP contribution in [-0.4, -0.2) is 23.7 Å². The Bertz CT molecular complexity index is 413. The predicted molar refractivity (Wildman–Crippen MR) is 68.8 cm³/mol. The Morgan fingerprint density at radius 2 is 2.17 bits per heavy atom. The number of ether oxygens (including phenoxy) is 1. The molecule has 4 heteroatoms. The molecule has 0 radical (unpaired) electrons. The minimum absolute atomic E-state index is 0.0994. The molecule has 1 aliphatic carbocycles. The quantitative estimate of drug-likeness (QED) is 0.838. The van der Waals surface area contributed by atoms with E-state index in [-0.39, 0.29) is 12.6 Å². The van der Waals surface area contributed by atoms with Gasteiger partial charge in [-0.05, 0) is 43.4 Å². The highest BCUT2D eigenvalue weighted by Gasteiger charge is 2.20. The molecule has 0 heterocycles. The maximum absolute atomic E-state index is 11.1. The third-order valence-corrected chi connectivity index (χ3v) is 3.40. The molecule has 0 spiro atoms. The summed E-state index contributed by atoms with van der Waals surface area (Å²) in [7, 11) is 0. The van der Waals surface area contributed by atoms with E-state index in [1.807, 2.05) is 12.1 Å². The molecule has 0 amide bonds. The zero-order valence-corrected chi connectivity index (χ0v) is 10.3. The summed E-state index contributed by atoms with van der Waals surface area (Å²) in [5.41, 5.74) is 6.21. The number of nitrogens with two attached hydrogens (primary N) is 1. The average molecular weight is 249 g/mol. The molecule has 0 aromatic heterocycles. The fourth-order valence-corrected chi connectivity index (χ4v) is 2.38. The predicted octanol–water partition coefficient (Wildman–Crippen LogP) is 2.13. The van der Waals surface area contributed by atoms with Gasteiger partial charge in [0, 0.05) is 6.54 Å². The molecule has 1 fully saturated rings. The normalized spacial score (nSPS) is 17.6. The van der Waals surface area contributed by atoms with Crippen LogP contribution >= 0.6 is 0 Å². The van der Waals surface area contributed by atoms with Crippen LogP contribution in [0.2, 0.25) is 0 Å². The molecule has 4 nitrogen and oxygen atoms in total. The van der Waals surface area contributed by atoms with Crippen LogP contribution in [0.5, 0.6) is 5.75 Å². The summed E-state index contributed by atoms with van der Waals surface area (Å²) in [6.07, 6.45) is 4.88. The van der Waals surface area contributed by atoms with Crippen molar-refractivity contribution in [1.29, 1.82) is 0 Å². The first-order valence-corrected chi connectivity index (χ1v) is 6.40. The van der Waals surface area contributed by atoms with Gasteiger partial charge in [0.05, 0.1) is 12.0 Å². The summed E-state index contributed by atoms with van der Waals surface area (Å²) < 4.78 is 5.86. The van der Waals surface area contributed by atoms with Crippen molar-refractivity contribution < 1.29 is 14.6 Å². The van der Waals surface area contributed by atoms with Gasteiger partial charge in [0.1, 0.15) is 5.75 Å². The summed E-state index contributed by atoms with van der Waals surface area (Å²) in [5.74, 6) is -0.799. The van der Waals surface area contributed by atoms with Crippen molar-refractivity contribution in [2.24, 2.45) is 5.73 Å². The molecule has 1 atom stereocenters. The average Bonchev–Trinajstić information content (AvgIpc) is 2.83. The maximum Gasteiger partial charge on any atom is 0.312 e. The Morgan fingerprint density at radius 1 is 1.44 bits per heavy atom. The number of hydrogen-bond donors (Lipinski definition) is 2. The standard InChI is InChI=1S/C14H19NO3/c15-9-13(14(16)17)10-4-3-7-12(8-10)18-11-5-1-2-6-11/h3-4,7-8,11,13H,1-2,5-6,9,15H2,(H,16,17). The van der Waals surface area contributed by atoms with Gasteiger partial charge in [-0.15, -0.1) is 0 Å². The lowest BCUT2D eigenvalue weighted by molar-refractivity contribution is -0.138. The molecule has 98 valence electrons. The van der Waals surface area contributed by atoms with Crippen LogP contribution in [0.1, 0.15) is 37.2 Å². The highest BCUT2D eigenvalue weighted by Crippen LogP contribution is 2.26. The molecule has 0 aliphatic heterocycles. The SMILES string of the molecule is NCC(C(=O)O)c1cccc(OC2CCCC2)c1. The first-order chi connectivity index (χ1) is 8.70. The maximum atomic E-state index is 11.1. The molecule has 1 aromatic carbocycles. The number of carboxylic acids is 1. The second-order valence-electron chi connectivity index (χ2n) is 4.72. The molecule has 2 rings (SSSR count). The fraction of sp³-hybridized carbons (Fsp3) is 0.500. The Balaban J connectivity index is 2.10. The van der Waals surface area contributed by atoms with Crippen LogP contribution < -0.4 is 10.5 Å². The van der Waals surface area contributed by atoms with Gasteiger partial charge in [0.2, 0.25) is 0 Å². The highest BCUT2D eigenvalue weighted by atomic mass is 16.5. The number of hydrogen-bond acceptors (Lipinski definition) is 3. The largest absolute Gasteiger partial charge is 0.490 e. The molecule has 1 saturated carbocycles. The van der Waals surface area contributed by atoms with Gasteiger partial charge in [-0.2, -0.15) is 0 Å². The zero-order valence-electron chi connectivity index (χ0n) is 10.3. The lowest BCUT2D eigenvalue weighted by atomic mass is 9.99. The van der Waals surface area contributed by atoms with E-state index in [0.717, 1.165) is 18.6 Å². The van der Waals surface area contributed by atoms with Crippen LogP contribution in [0.15, 0.2) is 24.3 Å². The lowest BCUT2D eigenvalue weighted by Gasteiger charge is -2.15. The smallest absolute Gasteiger partial charge is 0.312 e. The Labute approximate surface area is 107 Å². The molecule has 18 heavy (non-hydrogen) atoms. The van der Waals surface area contributed by atoms with E-state index in [1.54, 1.807) is 12.1 Å². The number of aliphatic carboxylic acids is 1. The molecule has 3 N–H and O–H groups in total. The van der Waals surface area contributed by atoms with Crippen molar-refractivity contribution in [2.75, 3.05) is 6.54 Å². The third kappa shape index (κ3) is 3.01. The molecular weight excluding hydrogens is 230 g/mol. The van der Waals surface area contributed by atoms with Gasteiger partial charge in [-0.1, -0.05) is 12.1 Å². The monoisotopic (exact) mass is 249 g/mol. The highest BCUT2D eigenvalue weighted by molar-refractivity contribution is 5.76. The van der Waals surface area contributed by atoms with E-state index >= 15 is 0 Å². The Kier molecular flexibility index (Phi) is 4.20. The summed E-state index contributed by atoms with van der Waals surface area (Å²) in [4.78, 5) is 11.1. The third-order valence-electron chi connectivity index (χ3n) is 3.40. The first-order valence-electron chi connectivity index (χ1n) is 6.40. The summed E-state index contributed by atoms with van der Waals surface area (Å²) in [6.45, 7) is 0.0994. The van der Waals surface area contributed by atoms with Crippen LogP contribution in [0.3, 0.4) is 0 Å². The molecule has 0 saturated heterocycles. The molecule has 1 aromatic rings. The second-order valence-corrected chi connectivity index (χ2v) is 4.72. The summed E-state index contributed by atoms with van der Waals surface area (Å²) in [6, 6.07) is 7.28. The van der Waals surface area contributed by atoms with E-state index < -0.39 is 11.9 Å². The first kappa shape index (κ1) is 12.9. The minimum Gasteiger partial charge on any atom is -0.490 e. The van der Waals surface area contributed by atoms with E-state index in [4.69, 9.17) is 15.6 Å². The second kappa shape index (κ2) is 5.87. The minimum atomic E-state index is -0.893. The van der Waals surface area contributed by atoms with Crippen molar-refractivity contribution in [1.82, 2.24) is 0 Å². The van der Waals surface area contributed by atoms with Crippen molar-refractivity contribution in [3.05, 3.63) is 29.8 Å². The van der Waals surface area contributed by atoms with Crippen LogP contribution in [0, 0.1) is 0 Å². The van der Waals surface area contributed by atoms with E-state index in [1.165, 1.54) is 12.8 Å². The number of rotatable bonds is 5. The zero-order chi connectivity index (χ0) is 13.0. The molecular formula is C14H19NO3. The molecule has 0 bridgehead atoms.